The molecule has 5 nitrogen and oxygen atoms in total. The molecule has 0 aliphatic carbocycles. The molecule has 1 aromatic rings. The van der Waals surface area contributed by atoms with Crippen LogP contribution in [0.25, 0.3) is 0 Å². The Labute approximate surface area is 124 Å². The molecule has 0 bridgehead atoms. The summed E-state index contributed by atoms with van der Waals surface area (Å²) in [6.45, 7) is 5.54. The van der Waals surface area contributed by atoms with Crippen LogP contribution in [0, 0.1) is 6.92 Å². The van der Waals surface area contributed by atoms with Gasteiger partial charge in [-0.2, -0.15) is 0 Å². The number of aryl methyl sites for hydroxylation is 1. The summed E-state index contributed by atoms with van der Waals surface area (Å²) in [5, 5.41) is 15.0. The van der Waals surface area contributed by atoms with Gasteiger partial charge in [0.05, 0.1) is 12.8 Å². The molecule has 0 aliphatic rings. The van der Waals surface area contributed by atoms with Gasteiger partial charge in [-0.25, -0.2) is 4.79 Å². The van der Waals surface area contributed by atoms with Gasteiger partial charge in [-0.05, 0) is 38.8 Å². The number of aliphatic hydroxyl groups excluding tert-OH is 1. The van der Waals surface area contributed by atoms with Crippen LogP contribution >= 0.6 is 11.6 Å². The monoisotopic (exact) mass is 300 g/mol. The predicted octanol–water partition coefficient (Wildman–Crippen LogP) is 2.94. The number of aliphatic hydroxyl groups is 1. The van der Waals surface area contributed by atoms with E-state index in [0.717, 1.165) is 5.56 Å². The van der Waals surface area contributed by atoms with Crippen LogP contribution in [0.5, 0.6) is 5.75 Å². The predicted molar refractivity (Wildman–Crippen MR) is 80.7 cm³/mol. The Balaban J connectivity index is 2.83. The minimum absolute atomic E-state index is 0.0106. The van der Waals surface area contributed by atoms with Gasteiger partial charge < -0.3 is 20.5 Å². The van der Waals surface area contributed by atoms with Crippen LogP contribution in [0.3, 0.4) is 0 Å². The lowest BCUT2D eigenvalue weighted by Crippen LogP contribution is -2.46. The number of carbonyl (C=O) groups is 1. The van der Waals surface area contributed by atoms with Crippen LogP contribution in [-0.4, -0.2) is 30.4 Å². The minimum atomic E-state index is -0.493. The van der Waals surface area contributed by atoms with Gasteiger partial charge in [0.1, 0.15) is 5.75 Å². The van der Waals surface area contributed by atoms with Crippen molar-refractivity contribution in [2.45, 2.75) is 32.7 Å². The fourth-order valence-corrected chi connectivity index (χ4v) is 1.89. The topological polar surface area (TPSA) is 70.6 Å². The van der Waals surface area contributed by atoms with Crippen LogP contribution in [-0.2, 0) is 0 Å². The first-order chi connectivity index (χ1) is 9.29. The minimum Gasteiger partial charge on any atom is -0.495 e. The normalized spacial score (nSPS) is 11.1. The Morgan fingerprint density at radius 2 is 2.10 bits per heavy atom. The van der Waals surface area contributed by atoms with Crippen molar-refractivity contribution >= 4 is 23.3 Å². The first-order valence-corrected chi connectivity index (χ1v) is 6.71. The van der Waals surface area contributed by atoms with Gasteiger partial charge in [0.2, 0.25) is 0 Å². The average molecular weight is 301 g/mol. The Bertz CT molecular complexity index is 490. The van der Waals surface area contributed by atoms with Crippen molar-refractivity contribution in [2.75, 3.05) is 19.0 Å². The highest BCUT2D eigenvalue weighted by atomic mass is 35.5. The van der Waals surface area contributed by atoms with Crippen LogP contribution < -0.4 is 15.4 Å². The molecule has 2 amide bonds. The number of urea groups is 1. The molecule has 0 saturated heterocycles. The number of methoxy groups -OCH3 is 1. The van der Waals surface area contributed by atoms with Gasteiger partial charge in [-0.3, -0.25) is 0 Å². The summed E-state index contributed by atoms with van der Waals surface area (Å²) in [6, 6.07) is 3.05. The lowest BCUT2D eigenvalue weighted by molar-refractivity contribution is 0.218. The number of amides is 2. The average Bonchev–Trinajstić information content (AvgIpc) is 2.32. The zero-order chi connectivity index (χ0) is 15.3. The smallest absolute Gasteiger partial charge is 0.319 e. The summed E-state index contributed by atoms with van der Waals surface area (Å²) in [5.41, 5.74) is 0.900. The fourth-order valence-electron chi connectivity index (χ4n) is 1.73. The molecule has 0 fully saturated rings. The second-order valence-electron chi connectivity index (χ2n) is 5.24. The van der Waals surface area contributed by atoms with Gasteiger partial charge in [-0.15, -0.1) is 0 Å². The molecule has 0 unspecified atom stereocenters. The Morgan fingerprint density at radius 3 is 2.65 bits per heavy atom. The van der Waals surface area contributed by atoms with E-state index in [9.17, 15) is 4.79 Å². The second-order valence-corrected chi connectivity index (χ2v) is 5.65. The van der Waals surface area contributed by atoms with E-state index in [1.165, 1.54) is 7.11 Å². The molecule has 0 aromatic heterocycles. The summed E-state index contributed by atoms with van der Waals surface area (Å²) in [7, 11) is 1.51. The van der Waals surface area contributed by atoms with E-state index in [2.05, 4.69) is 10.6 Å². The molecule has 6 heteroatoms. The third-order valence-electron chi connectivity index (χ3n) is 2.92. The molecule has 0 atom stereocenters. The molecule has 3 N–H and O–H groups in total. The van der Waals surface area contributed by atoms with Crippen molar-refractivity contribution in [1.29, 1.82) is 0 Å². The summed E-state index contributed by atoms with van der Waals surface area (Å²) in [4.78, 5) is 12.0. The van der Waals surface area contributed by atoms with E-state index in [4.69, 9.17) is 21.4 Å². The van der Waals surface area contributed by atoms with Crippen molar-refractivity contribution in [1.82, 2.24) is 5.32 Å². The first kappa shape index (κ1) is 16.6. The van der Waals surface area contributed by atoms with E-state index in [1.54, 1.807) is 12.1 Å². The molecule has 1 aromatic carbocycles. The second kappa shape index (κ2) is 6.81. The van der Waals surface area contributed by atoms with Crippen molar-refractivity contribution in [3.63, 3.8) is 0 Å². The van der Waals surface area contributed by atoms with Gasteiger partial charge >= 0.3 is 6.03 Å². The summed E-state index contributed by atoms with van der Waals surface area (Å²) in [6.07, 6.45) is 0.469. The number of halogens is 1. The van der Waals surface area contributed by atoms with E-state index in [-0.39, 0.29) is 12.6 Å². The maximum atomic E-state index is 12.0. The third kappa shape index (κ3) is 4.58. The SMILES string of the molecule is COc1cc(Cl)c(C)cc1NC(=O)NC(C)(C)CCO. The van der Waals surface area contributed by atoms with E-state index >= 15 is 0 Å². The Hall–Kier alpha value is -1.46. The number of ether oxygens (including phenoxy) is 1. The maximum Gasteiger partial charge on any atom is 0.319 e. The van der Waals surface area contributed by atoms with Gasteiger partial charge in [0, 0.05) is 23.2 Å². The maximum absolute atomic E-state index is 12.0. The standard InChI is InChI=1S/C14H21ClN2O3/c1-9-7-11(12(20-4)8-10(9)15)16-13(19)17-14(2,3)5-6-18/h7-8,18H,5-6H2,1-4H3,(H2,16,17,19). The highest BCUT2D eigenvalue weighted by molar-refractivity contribution is 6.31. The largest absolute Gasteiger partial charge is 0.495 e. The molecule has 0 radical (unpaired) electrons. The molecule has 1 rings (SSSR count). The number of rotatable bonds is 5. The molecule has 0 heterocycles. The fraction of sp³-hybridized carbons (Fsp3) is 0.500. The molecular formula is C14H21ClN2O3. The molecule has 0 saturated carbocycles. The lowest BCUT2D eigenvalue weighted by atomic mass is 10.0. The van der Waals surface area contributed by atoms with Crippen LogP contribution in [0.4, 0.5) is 10.5 Å². The van der Waals surface area contributed by atoms with E-state index < -0.39 is 5.54 Å². The van der Waals surface area contributed by atoms with Gasteiger partial charge in [0.25, 0.3) is 0 Å². The molecule has 0 aliphatic heterocycles. The Morgan fingerprint density at radius 1 is 1.45 bits per heavy atom. The van der Waals surface area contributed by atoms with Gasteiger partial charge in [0.15, 0.2) is 0 Å². The number of hydrogen-bond acceptors (Lipinski definition) is 3. The lowest BCUT2D eigenvalue weighted by Gasteiger charge is -2.25. The summed E-state index contributed by atoms with van der Waals surface area (Å²) in [5.74, 6) is 0.496. The molecule has 112 valence electrons. The first-order valence-electron chi connectivity index (χ1n) is 6.33. The number of carbonyl (C=O) groups excluding carboxylic acids is 1. The number of anilines is 1. The van der Waals surface area contributed by atoms with Crippen molar-refractivity contribution in [3.8, 4) is 5.75 Å². The number of hydrogen-bond donors (Lipinski definition) is 3. The van der Waals surface area contributed by atoms with Crippen molar-refractivity contribution < 1.29 is 14.6 Å². The molecule has 0 spiro atoms. The third-order valence-corrected chi connectivity index (χ3v) is 3.32. The Kier molecular flexibility index (Phi) is 5.65. The molecule has 20 heavy (non-hydrogen) atoms. The van der Waals surface area contributed by atoms with E-state index in [0.29, 0.717) is 22.9 Å². The zero-order valence-corrected chi connectivity index (χ0v) is 13.0. The number of benzene rings is 1. The quantitative estimate of drug-likeness (QED) is 0.783. The summed E-state index contributed by atoms with van der Waals surface area (Å²) >= 11 is 6.01. The highest BCUT2D eigenvalue weighted by Crippen LogP contribution is 2.30. The highest BCUT2D eigenvalue weighted by Gasteiger charge is 2.20. The van der Waals surface area contributed by atoms with Crippen molar-refractivity contribution in [2.24, 2.45) is 0 Å². The zero-order valence-electron chi connectivity index (χ0n) is 12.2. The summed E-state index contributed by atoms with van der Waals surface area (Å²) < 4.78 is 5.19. The molecular weight excluding hydrogens is 280 g/mol. The van der Waals surface area contributed by atoms with Gasteiger partial charge in [-0.1, -0.05) is 11.6 Å². The van der Waals surface area contributed by atoms with E-state index in [1.807, 2.05) is 20.8 Å². The number of nitrogens with one attached hydrogen (secondary N) is 2. The van der Waals surface area contributed by atoms with Crippen LogP contribution in [0.1, 0.15) is 25.8 Å². The van der Waals surface area contributed by atoms with Crippen LogP contribution in [0.15, 0.2) is 12.1 Å². The van der Waals surface area contributed by atoms with Crippen molar-refractivity contribution in [3.05, 3.63) is 22.7 Å². The van der Waals surface area contributed by atoms with Crippen LogP contribution in [0.2, 0.25) is 5.02 Å².